The standard InChI is InChI=1S/C24H21NO5S/c1-29-18-10-8-17(9-11-18)15-25-16-23(31(27,28)20-6-4-3-5-7-20)24(26)21-14-19(30-2)12-13-22(21)25/h3-14,16H,15H2,1-2H3. The molecule has 0 atom stereocenters. The van der Waals surface area contributed by atoms with Gasteiger partial charge in [-0.05, 0) is 48.0 Å². The molecule has 0 saturated carbocycles. The Morgan fingerprint density at radius 1 is 0.839 bits per heavy atom. The van der Waals surface area contributed by atoms with Crippen LogP contribution in [0.2, 0.25) is 0 Å². The molecular weight excluding hydrogens is 414 g/mol. The van der Waals surface area contributed by atoms with E-state index in [1.165, 1.54) is 25.4 Å². The van der Waals surface area contributed by atoms with Crippen LogP contribution >= 0.6 is 0 Å². The molecule has 1 aromatic heterocycles. The summed E-state index contributed by atoms with van der Waals surface area (Å²) < 4.78 is 38.8. The summed E-state index contributed by atoms with van der Waals surface area (Å²) in [5, 5.41) is 0.282. The molecular formula is C24H21NO5S. The van der Waals surface area contributed by atoms with Crippen LogP contribution in [0.3, 0.4) is 0 Å². The van der Waals surface area contributed by atoms with Crippen molar-refractivity contribution in [3.63, 3.8) is 0 Å². The Kier molecular flexibility index (Phi) is 5.52. The minimum absolute atomic E-state index is 0.0744. The lowest BCUT2D eigenvalue weighted by Gasteiger charge is -2.15. The molecule has 4 rings (SSSR count). The van der Waals surface area contributed by atoms with Crippen LogP contribution in [0.1, 0.15) is 5.56 Å². The first-order chi connectivity index (χ1) is 14.9. The van der Waals surface area contributed by atoms with Gasteiger partial charge in [0.15, 0.2) is 0 Å². The molecule has 0 saturated heterocycles. The van der Waals surface area contributed by atoms with Crippen LogP contribution in [0.15, 0.2) is 93.6 Å². The number of sulfone groups is 1. The van der Waals surface area contributed by atoms with Gasteiger partial charge in [-0.15, -0.1) is 0 Å². The Labute approximate surface area is 180 Å². The summed E-state index contributed by atoms with van der Waals surface area (Å²) in [5.41, 5.74) is 1.00. The molecule has 1 heterocycles. The molecule has 0 amide bonds. The molecule has 0 bridgehead atoms. The van der Waals surface area contributed by atoms with Gasteiger partial charge in [-0.2, -0.15) is 0 Å². The molecule has 158 valence electrons. The van der Waals surface area contributed by atoms with Gasteiger partial charge < -0.3 is 14.0 Å². The molecule has 3 aromatic carbocycles. The number of fused-ring (bicyclic) bond motifs is 1. The van der Waals surface area contributed by atoms with E-state index in [0.29, 0.717) is 17.8 Å². The summed E-state index contributed by atoms with van der Waals surface area (Å²) in [4.78, 5) is 13.0. The average molecular weight is 436 g/mol. The van der Waals surface area contributed by atoms with E-state index in [-0.39, 0.29) is 15.2 Å². The monoisotopic (exact) mass is 435 g/mol. The van der Waals surface area contributed by atoms with Gasteiger partial charge in [0.2, 0.25) is 15.3 Å². The van der Waals surface area contributed by atoms with Gasteiger partial charge in [0.25, 0.3) is 0 Å². The van der Waals surface area contributed by atoms with Crippen LogP contribution in [0.5, 0.6) is 11.5 Å². The first-order valence-electron chi connectivity index (χ1n) is 9.58. The van der Waals surface area contributed by atoms with E-state index in [0.717, 1.165) is 11.3 Å². The quantitative estimate of drug-likeness (QED) is 0.459. The van der Waals surface area contributed by atoms with E-state index in [1.54, 1.807) is 48.1 Å². The fourth-order valence-electron chi connectivity index (χ4n) is 3.45. The highest BCUT2D eigenvalue weighted by Crippen LogP contribution is 2.24. The van der Waals surface area contributed by atoms with Crippen LogP contribution in [0.4, 0.5) is 0 Å². The van der Waals surface area contributed by atoms with E-state index in [2.05, 4.69) is 0 Å². The van der Waals surface area contributed by atoms with Crippen LogP contribution in [-0.2, 0) is 16.4 Å². The summed E-state index contributed by atoms with van der Waals surface area (Å²) in [6.07, 6.45) is 1.42. The summed E-state index contributed by atoms with van der Waals surface area (Å²) >= 11 is 0. The molecule has 4 aromatic rings. The third kappa shape index (κ3) is 3.92. The average Bonchev–Trinajstić information content (AvgIpc) is 2.81. The number of nitrogens with zero attached hydrogens (tertiary/aromatic N) is 1. The maximum atomic E-state index is 13.3. The summed E-state index contributed by atoms with van der Waals surface area (Å²) in [6, 6.07) is 20.5. The Morgan fingerprint density at radius 2 is 1.48 bits per heavy atom. The number of rotatable bonds is 6. The van der Waals surface area contributed by atoms with Gasteiger partial charge in [-0.1, -0.05) is 30.3 Å². The number of benzene rings is 3. The topological polar surface area (TPSA) is 74.6 Å². The van der Waals surface area contributed by atoms with Crippen molar-refractivity contribution >= 4 is 20.7 Å². The maximum absolute atomic E-state index is 13.3. The number of methoxy groups -OCH3 is 2. The molecule has 0 unspecified atom stereocenters. The van der Waals surface area contributed by atoms with Crippen molar-refractivity contribution in [2.24, 2.45) is 0 Å². The summed E-state index contributed by atoms with van der Waals surface area (Å²) in [6.45, 7) is 0.379. The molecule has 31 heavy (non-hydrogen) atoms. The number of hydrogen-bond acceptors (Lipinski definition) is 5. The van der Waals surface area contributed by atoms with Gasteiger partial charge in [-0.25, -0.2) is 8.42 Å². The zero-order valence-electron chi connectivity index (χ0n) is 17.1. The van der Waals surface area contributed by atoms with E-state index < -0.39 is 15.3 Å². The lowest BCUT2D eigenvalue weighted by Crippen LogP contribution is -2.19. The minimum atomic E-state index is -4.00. The fraction of sp³-hybridized carbons (Fsp3) is 0.125. The zero-order valence-corrected chi connectivity index (χ0v) is 17.9. The van der Waals surface area contributed by atoms with Crippen LogP contribution in [0.25, 0.3) is 10.9 Å². The van der Waals surface area contributed by atoms with Crippen LogP contribution < -0.4 is 14.9 Å². The number of pyridine rings is 1. The Balaban J connectivity index is 1.94. The molecule has 0 radical (unpaired) electrons. The molecule has 0 aliphatic rings. The normalized spacial score (nSPS) is 11.4. The SMILES string of the molecule is COc1ccc(Cn2cc(S(=O)(=O)c3ccccc3)c(=O)c3cc(OC)ccc32)cc1. The molecule has 0 spiro atoms. The number of ether oxygens (including phenoxy) is 2. The van der Waals surface area contributed by atoms with Crippen molar-refractivity contribution in [1.82, 2.24) is 4.57 Å². The largest absolute Gasteiger partial charge is 0.497 e. The maximum Gasteiger partial charge on any atom is 0.211 e. The molecule has 0 fully saturated rings. The van der Waals surface area contributed by atoms with E-state index in [9.17, 15) is 13.2 Å². The van der Waals surface area contributed by atoms with E-state index >= 15 is 0 Å². The van der Waals surface area contributed by atoms with Gasteiger partial charge in [0.05, 0.1) is 30.0 Å². The minimum Gasteiger partial charge on any atom is -0.497 e. The van der Waals surface area contributed by atoms with Crippen molar-refractivity contribution in [2.75, 3.05) is 14.2 Å². The van der Waals surface area contributed by atoms with E-state index in [1.807, 2.05) is 24.3 Å². The van der Waals surface area contributed by atoms with Crippen molar-refractivity contribution < 1.29 is 17.9 Å². The molecule has 6 nitrogen and oxygen atoms in total. The smallest absolute Gasteiger partial charge is 0.211 e. The summed E-state index contributed by atoms with van der Waals surface area (Å²) in [5.74, 6) is 1.21. The van der Waals surface area contributed by atoms with Crippen molar-refractivity contribution in [3.05, 3.63) is 94.8 Å². The predicted molar refractivity (Wildman–Crippen MR) is 119 cm³/mol. The van der Waals surface area contributed by atoms with Crippen LogP contribution in [-0.4, -0.2) is 27.2 Å². The third-order valence-electron chi connectivity index (χ3n) is 5.11. The fourth-order valence-corrected chi connectivity index (χ4v) is 4.84. The van der Waals surface area contributed by atoms with Crippen LogP contribution in [0, 0.1) is 0 Å². The number of aromatic nitrogens is 1. The molecule has 7 heteroatoms. The van der Waals surface area contributed by atoms with Gasteiger partial charge >= 0.3 is 0 Å². The highest BCUT2D eigenvalue weighted by Gasteiger charge is 2.24. The lowest BCUT2D eigenvalue weighted by atomic mass is 10.1. The van der Waals surface area contributed by atoms with Crippen molar-refractivity contribution in [3.8, 4) is 11.5 Å². The Hall–Kier alpha value is -3.58. The number of hydrogen-bond donors (Lipinski definition) is 0. The second-order valence-electron chi connectivity index (χ2n) is 7.00. The lowest BCUT2D eigenvalue weighted by molar-refractivity contribution is 0.414. The first-order valence-corrected chi connectivity index (χ1v) is 11.1. The molecule has 0 aliphatic carbocycles. The van der Waals surface area contributed by atoms with Gasteiger partial charge in [0.1, 0.15) is 16.4 Å². The van der Waals surface area contributed by atoms with Crippen molar-refractivity contribution in [2.45, 2.75) is 16.3 Å². The van der Waals surface area contributed by atoms with E-state index in [4.69, 9.17) is 9.47 Å². The molecule has 0 aliphatic heterocycles. The first kappa shape index (κ1) is 20.7. The highest BCUT2D eigenvalue weighted by molar-refractivity contribution is 7.91. The van der Waals surface area contributed by atoms with Gasteiger partial charge in [0, 0.05) is 12.7 Å². The third-order valence-corrected chi connectivity index (χ3v) is 6.87. The Morgan fingerprint density at radius 3 is 2.13 bits per heavy atom. The predicted octanol–water partition coefficient (Wildman–Crippen LogP) is 3.90. The van der Waals surface area contributed by atoms with Crippen molar-refractivity contribution in [1.29, 1.82) is 0 Å². The zero-order chi connectivity index (χ0) is 22.0. The highest BCUT2D eigenvalue weighted by atomic mass is 32.2. The second kappa shape index (κ2) is 8.28. The second-order valence-corrected chi connectivity index (χ2v) is 8.92. The van der Waals surface area contributed by atoms with Gasteiger partial charge in [-0.3, -0.25) is 4.79 Å². The summed E-state index contributed by atoms with van der Waals surface area (Å²) in [7, 11) is -0.903. The molecule has 0 N–H and O–H groups in total. The Bertz CT molecular complexity index is 1390.